The number of hydrogen-bond donors (Lipinski definition) is 1. The largest absolute Gasteiger partial charge is 0.389 e. The van der Waals surface area contributed by atoms with Gasteiger partial charge in [0.2, 0.25) is 0 Å². The molecule has 0 aromatic heterocycles. The first-order valence-corrected chi connectivity index (χ1v) is 6.50. The number of alkyl halides is 3. The van der Waals surface area contributed by atoms with Crippen molar-refractivity contribution in [3.63, 3.8) is 0 Å². The van der Waals surface area contributed by atoms with Crippen LogP contribution < -0.4 is 5.32 Å². The van der Waals surface area contributed by atoms with E-state index in [0.717, 1.165) is 19.3 Å². The predicted molar refractivity (Wildman–Crippen MR) is 63.9 cm³/mol. The Hall–Kier alpha value is -0.250. The van der Waals surface area contributed by atoms with Crippen molar-refractivity contribution in [2.75, 3.05) is 6.54 Å². The van der Waals surface area contributed by atoms with E-state index in [1.54, 1.807) is 0 Å². The Kier molecular flexibility index (Phi) is 4.87. The minimum Gasteiger partial charge on any atom is -0.314 e. The fraction of sp³-hybridized carbons (Fsp3) is 1.00. The van der Waals surface area contributed by atoms with Crippen molar-refractivity contribution in [3.05, 3.63) is 0 Å². The first-order chi connectivity index (χ1) is 7.70. The van der Waals surface area contributed by atoms with E-state index in [-0.39, 0.29) is 6.42 Å². The highest BCUT2D eigenvalue weighted by Crippen LogP contribution is 2.38. The smallest absolute Gasteiger partial charge is 0.314 e. The Morgan fingerprint density at radius 2 is 1.94 bits per heavy atom. The summed E-state index contributed by atoms with van der Waals surface area (Å²) in [6, 6.07) is 0.399. The second-order valence-electron chi connectivity index (χ2n) is 6.16. The first-order valence-electron chi connectivity index (χ1n) is 6.50. The number of halogens is 3. The third-order valence-corrected chi connectivity index (χ3v) is 3.74. The van der Waals surface area contributed by atoms with Crippen LogP contribution in [0, 0.1) is 11.3 Å². The quantitative estimate of drug-likeness (QED) is 0.741. The lowest BCUT2D eigenvalue weighted by Gasteiger charge is -2.39. The maximum Gasteiger partial charge on any atom is 0.389 e. The number of nitrogens with one attached hydrogen (secondary N) is 1. The topological polar surface area (TPSA) is 12.0 Å². The zero-order chi connectivity index (χ0) is 13.1. The second-order valence-corrected chi connectivity index (χ2v) is 6.16. The average Bonchev–Trinajstić information content (AvgIpc) is 2.12. The normalized spacial score (nSPS) is 29.3. The zero-order valence-electron chi connectivity index (χ0n) is 11.0. The van der Waals surface area contributed by atoms with Crippen molar-refractivity contribution in [1.29, 1.82) is 0 Å². The van der Waals surface area contributed by atoms with E-state index in [0.29, 0.717) is 23.9 Å². The zero-order valence-corrected chi connectivity index (χ0v) is 11.0. The predicted octanol–water partition coefficient (Wildman–Crippen LogP) is 4.13. The Bertz CT molecular complexity index is 235. The van der Waals surface area contributed by atoms with Gasteiger partial charge >= 0.3 is 6.18 Å². The van der Waals surface area contributed by atoms with Crippen LogP contribution in [0.15, 0.2) is 0 Å². The number of rotatable bonds is 4. The van der Waals surface area contributed by atoms with Crippen LogP contribution in [-0.4, -0.2) is 18.8 Å². The van der Waals surface area contributed by atoms with Crippen LogP contribution in [0.1, 0.15) is 52.9 Å². The molecule has 1 aliphatic carbocycles. The number of hydrogen-bond acceptors (Lipinski definition) is 1. The minimum absolute atomic E-state index is 0.191. The van der Waals surface area contributed by atoms with E-state index < -0.39 is 12.6 Å². The molecule has 0 aromatic carbocycles. The molecule has 1 N–H and O–H groups in total. The van der Waals surface area contributed by atoms with Crippen LogP contribution in [0.5, 0.6) is 0 Å². The van der Waals surface area contributed by atoms with Crippen molar-refractivity contribution < 1.29 is 13.2 Å². The molecule has 0 saturated heterocycles. The summed E-state index contributed by atoms with van der Waals surface area (Å²) in [4.78, 5) is 0. The summed E-state index contributed by atoms with van der Waals surface area (Å²) in [7, 11) is 0. The second kappa shape index (κ2) is 5.59. The molecule has 1 saturated carbocycles. The van der Waals surface area contributed by atoms with Gasteiger partial charge in [-0.2, -0.15) is 13.2 Å². The van der Waals surface area contributed by atoms with E-state index in [1.807, 2.05) is 0 Å². The molecule has 17 heavy (non-hydrogen) atoms. The third kappa shape index (κ3) is 5.75. The highest BCUT2D eigenvalue weighted by Gasteiger charge is 2.32. The molecule has 1 rings (SSSR count). The van der Waals surface area contributed by atoms with Gasteiger partial charge in [-0.05, 0) is 43.6 Å². The lowest BCUT2D eigenvalue weighted by atomic mass is 9.70. The molecule has 2 atom stereocenters. The van der Waals surface area contributed by atoms with Gasteiger partial charge in [0.15, 0.2) is 0 Å². The monoisotopic (exact) mass is 251 g/mol. The standard InChI is InChI=1S/C13H24F3N/c1-10-9-12(2,3)7-5-11(10)17-8-4-6-13(14,15)16/h10-11,17H,4-9H2,1-3H3. The molecule has 0 aliphatic heterocycles. The van der Waals surface area contributed by atoms with Gasteiger partial charge in [-0.15, -0.1) is 0 Å². The molecular formula is C13H24F3N. The molecule has 1 fully saturated rings. The molecule has 2 unspecified atom stereocenters. The summed E-state index contributed by atoms with van der Waals surface area (Å²) in [5, 5.41) is 3.28. The van der Waals surface area contributed by atoms with Gasteiger partial charge in [-0.25, -0.2) is 0 Å². The van der Waals surface area contributed by atoms with Crippen LogP contribution in [0.25, 0.3) is 0 Å². The van der Waals surface area contributed by atoms with E-state index in [9.17, 15) is 13.2 Å². The summed E-state index contributed by atoms with van der Waals surface area (Å²) >= 11 is 0. The van der Waals surface area contributed by atoms with Crippen molar-refractivity contribution in [2.45, 2.75) is 65.1 Å². The summed E-state index contributed by atoms with van der Waals surface area (Å²) in [6.07, 6.45) is -1.09. The van der Waals surface area contributed by atoms with Crippen molar-refractivity contribution >= 4 is 0 Å². The SMILES string of the molecule is CC1CC(C)(C)CCC1NCCCC(F)(F)F. The maximum absolute atomic E-state index is 12.0. The lowest BCUT2D eigenvalue weighted by Crippen LogP contribution is -2.42. The van der Waals surface area contributed by atoms with Crippen molar-refractivity contribution in [3.8, 4) is 0 Å². The summed E-state index contributed by atoms with van der Waals surface area (Å²) in [6.45, 7) is 7.21. The van der Waals surface area contributed by atoms with Crippen molar-refractivity contribution in [1.82, 2.24) is 5.32 Å². The third-order valence-electron chi connectivity index (χ3n) is 3.74. The molecule has 102 valence electrons. The van der Waals surface area contributed by atoms with Gasteiger partial charge in [0.25, 0.3) is 0 Å². The fourth-order valence-corrected chi connectivity index (χ4v) is 2.83. The van der Waals surface area contributed by atoms with Crippen LogP contribution >= 0.6 is 0 Å². The Morgan fingerprint density at radius 3 is 2.47 bits per heavy atom. The molecular weight excluding hydrogens is 227 g/mol. The Morgan fingerprint density at radius 1 is 1.29 bits per heavy atom. The minimum atomic E-state index is -4.01. The molecule has 0 radical (unpaired) electrons. The van der Waals surface area contributed by atoms with Gasteiger partial charge < -0.3 is 5.32 Å². The molecule has 0 spiro atoms. The molecule has 4 heteroatoms. The van der Waals surface area contributed by atoms with Gasteiger partial charge in [0.05, 0.1) is 0 Å². The van der Waals surface area contributed by atoms with E-state index >= 15 is 0 Å². The molecule has 0 amide bonds. The molecule has 0 aromatic rings. The van der Waals surface area contributed by atoms with Gasteiger partial charge in [-0.3, -0.25) is 0 Å². The van der Waals surface area contributed by atoms with Gasteiger partial charge in [-0.1, -0.05) is 20.8 Å². The van der Waals surface area contributed by atoms with E-state index in [1.165, 1.54) is 0 Å². The summed E-state index contributed by atoms with van der Waals surface area (Å²) < 4.78 is 35.9. The highest BCUT2D eigenvalue weighted by molar-refractivity contribution is 4.86. The average molecular weight is 251 g/mol. The van der Waals surface area contributed by atoms with E-state index in [2.05, 4.69) is 26.1 Å². The summed E-state index contributed by atoms with van der Waals surface area (Å²) in [5.41, 5.74) is 0.392. The van der Waals surface area contributed by atoms with Crippen molar-refractivity contribution in [2.24, 2.45) is 11.3 Å². The Labute approximate surface area is 102 Å². The molecule has 0 heterocycles. The lowest BCUT2D eigenvalue weighted by molar-refractivity contribution is -0.135. The van der Waals surface area contributed by atoms with Crippen LogP contribution in [0.3, 0.4) is 0 Å². The van der Waals surface area contributed by atoms with Gasteiger partial charge in [0.1, 0.15) is 0 Å². The molecule has 1 nitrogen and oxygen atoms in total. The van der Waals surface area contributed by atoms with Crippen LogP contribution in [0.4, 0.5) is 13.2 Å². The molecule has 0 bridgehead atoms. The first kappa shape index (κ1) is 14.8. The summed E-state index contributed by atoms with van der Waals surface area (Å²) in [5.74, 6) is 0.560. The van der Waals surface area contributed by atoms with E-state index in [4.69, 9.17) is 0 Å². The highest BCUT2D eigenvalue weighted by atomic mass is 19.4. The van der Waals surface area contributed by atoms with Crippen LogP contribution in [0.2, 0.25) is 0 Å². The molecule has 1 aliphatic rings. The Balaban J connectivity index is 2.20. The van der Waals surface area contributed by atoms with Crippen LogP contribution in [-0.2, 0) is 0 Å². The van der Waals surface area contributed by atoms with Gasteiger partial charge in [0, 0.05) is 12.5 Å². The maximum atomic E-state index is 12.0. The fourth-order valence-electron chi connectivity index (χ4n) is 2.83.